The van der Waals surface area contributed by atoms with Crippen molar-refractivity contribution in [3.05, 3.63) is 28.6 Å². The van der Waals surface area contributed by atoms with Gasteiger partial charge < -0.3 is 5.11 Å². The number of carboxylic acid groups (broad SMARTS) is 1. The van der Waals surface area contributed by atoms with E-state index < -0.39 is 5.97 Å². The van der Waals surface area contributed by atoms with E-state index in [9.17, 15) is 4.79 Å². The molecule has 1 N–H and O–H groups in total. The van der Waals surface area contributed by atoms with Crippen molar-refractivity contribution in [3.63, 3.8) is 0 Å². The summed E-state index contributed by atoms with van der Waals surface area (Å²) in [7, 11) is 0. The molecule has 17 heavy (non-hydrogen) atoms. The molecular formula is C12H16N2O2S. The summed E-state index contributed by atoms with van der Waals surface area (Å²) in [4.78, 5) is 19.3. The molecule has 0 fully saturated rings. The third-order valence-electron chi connectivity index (χ3n) is 2.55. The van der Waals surface area contributed by atoms with Gasteiger partial charge in [-0.3, -0.25) is 0 Å². The lowest BCUT2D eigenvalue weighted by Crippen LogP contribution is -1.99. The summed E-state index contributed by atoms with van der Waals surface area (Å²) in [6.45, 7) is 7.47. The van der Waals surface area contributed by atoms with Gasteiger partial charge in [0.15, 0.2) is 5.16 Å². The van der Waals surface area contributed by atoms with Gasteiger partial charge in [-0.1, -0.05) is 17.8 Å². The maximum absolute atomic E-state index is 10.6. The summed E-state index contributed by atoms with van der Waals surface area (Å²) in [5, 5.41) is 9.39. The second kappa shape index (κ2) is 5.82. The molecule has 1 heterocycles. The van der Waals surface area contributed by atoms with Crippen molar-refractivity contribution < 1.29 is 9.90 Å². The Kier molecular flexibility index (Phi) is 4.69. The Bertz CT molecular complexity index is 447. The van der Waals surface area contributed by atoms with E-state index in [-0.39, 0.29) is 0 Å². The van der Waals surface area contributed by atoms with Crippen LogP contribution in [0.3, 0.4) is 0 Å². The molecule has 0 saturated heterocycles. The maximum Gasteiger partial charge on any atom is 0.330 e. The predicted molar refractivity (Wildman–Crippen MR) is 68.4 cm³/mol. The molecule has 0 aliphatic rings. The van der Waals surface area contributed by atoms with Gasteiger partial charge in [-0.05, 0) is 33.3 Å². The van der Waals surface area contributed by atoms with Gasteiger partial charge in [0, 0.05) is 22.7 Å². The first-order valence-corrected chi connectivity index (χ1v) is 6.25. The van der Waals surface area contributed by atoms with E-state index in [1.165, 1.54) is 11.8 Å². The molecule has 1 aromatic rings. The van der Waals surface area contributed by atoms with Crippen LogP contribution in [0.2, 0.25) is 0 Å². The highest BCUT2D eigenvalue weighted by Crippen LogP contribution is 2.17. The molecule has 0 saturated carbocycles. The van der Waals surface area contributed by atoms with Gasteiger partial charge in [0.1, 0.15) is 0 Å². The largest absolute Gasteiger partial charge is 0.478 e. The van der Waals surface area contributed by atoms with E-state index in [1.807, 2.05) is 20.8 Å². The molecule has 5 heteroatoms. The fourth-order valence-electron chi connectivity index (χ4n) is 1.13. The molecule has 0 radical (unpaired) electrons. The second-order valence-corrected chi connectivity index (χ2v) is 4.79. The van der Waals surface area contributed by atoms with Gasteiger partial charge in [0.05, 0.1) is 0 Å². The monoisotopic (exact) mass is 252 g/mol. The van der Waals surface area contributed by atoms with Gasteiger partial charge in [-0.25, -0.2) is 14.8 Å². The zero-order valence-corrected chi connectivity index (χ0v) is 11.3. The zero-order valence-electron chi connectivity index (χ0n) is 10.4. The van der Waals surface area contributed by atoms with Crippen molar-refractivity contribution in [2.24, 2.45) is 0 Å². The third kappa shape index (κ3) is 3.85. The lowest BCUT2D eigenvalue weighted by Gasteiger charge is -2.05. The van der Waals surface area contributed by atoms with E-state index in [0.717, 1.165) is 17.0 Å². The summed E-state index contributed by atoms with van der Waals surface area (Å²) in [6, 6.07) is 0. The molecule has 0 unspecified atom stereocenters. The molecule has 0 bridgehead atoms. The Morgan fingerprint density at radius 2 is 1.82 bits per heavy atom. The Morgan fingerprint density at radius 1 is 1.29 bits per heavy atom. The van der Waals surface area contributed by atoms with Gasteiger partial charge in [-0.15, -0.1) is 0 Å². The van der Waals surface area contributed by atoms with Crippen molar-refractivity contribution in [3.8, 4) is 0 Å². The highest BCUT2D eigenvalue weighted by molar-refractivity contribution is 7.99. The smallest absolute Gasteiger partial charge is 0.330 e. The van der Waals surface area contributed by atoms with Crippen LogP contribution in [0.1, 0.15) is 23.9 Å². The van der Waals surface area contributed by atoms with Gasteiger partial charge in [0.25, 0.3) is 0 Å². The van der Waals surface area contributed by atoms with Crippen molar-refractivity contribution in [1.29, 1.82) is 0 Å². The SMILES string of the molecule is CC(=CCSc1nc(C)c(C)c(C)n1)C(=O)O. The Labute approximate surface area is 105 Å². The van der Waals surface area contributed by atoms with E-state index in [4.69, 9.17) is 5.11 Å². The van der Waals surface area contributed by atoms with E-state index in [1.54, 1.807) is 13.0 Å². The lowest BCUT2D eigenvalue weighted by molar-refractivity contribution is -0.132. The quantitative estimate of drug-likeness (QED) is 0.507. The first-order valence-electron chi connectivity index (χ1n) is 5.26. The fraction of sp³-hybridized carbons (Fsp3) is 0.417. The number of hydrogen-bond donors (Lipinski definition) is 1. The van der Waals surface area contributed by atoms with Crippen molar-refractivity contribution in [2.75, 3.05) is 5.75 Å². The van der Waals surface area contributed by atoms with Crippen LogP contribution in [0.5, 0.6) is 0 Å². The maximum atomic E-state index is 10.6. The molecule has 4 nitrogen and oxygen atoms in total. The van der Waals surface area contributed by atoms with Gasteiger partial charge in [-0.2, -0.15) is 0 Å². The standard InChI is InChI=1S/C12H16N2O2S/c1-7(11(15)16)5-6-17-12-13-9(3)8(2)10(4)14-12/h5H,6H2,1-4H3,(H,15,16). The zero-order chi connectivity index (χ0) is 13.0. The number of rotatable bonds is 4. The molecule has 92 valence electrons. The average Bonchev–Trinajstić information content (AvgIpc) is 2.25. The summed E-state index contributed by atoms with van der Waals surface area (Å²) in [5.74, 6) is -0.317. The van der Waals surface area contributed by atoms with Crippen molar-refractivity contribution in [2.45, 2.75) is 32.9 Å². The normalized spacial score (nSPS) is 11.6. The highest BCUT2D eigenvalue weighted by Gasteiger charge is 2.05. The van der Waals surface area contributed by atoms with Crippen LogP contribution >= 0.6 is 11.8 Å². The minimum absolute atomic E-state index is 0.345. The van der Waals surface area contributed by atoms with E-state index >= 15 is 0 Å². The fourth-order valence-corrected chi connectivity index (χ4v) is 2.02. The predicted octanol–water partition coefficient (Wildman–Crippen LogP) is 2.52. The van der Waals surface area contributed by atoms with Gasteiger partial charge >= 0.3 is 5.97 Å². The molecule has 0 atom stereocenters. The Balaban J connectivity index is 2.71. The number of aryl methyl sites for hydroxylation is 2. The minimum Gasteiger partial charge on any atom is -0.478 e. The molecule has 0 aromatic carbocycles. The molecule has 0 aliphatic heterocycles. The van der Waals surface area contributed by atoms with E-state index in [0.29, 0.717) is 16.5 Å². The highest BCUT2D eigenvalue weighted by atomic mass is 32.2. The molecule has 1 rings (SSSR count). The number of carbonyl (C=O) groups is 1. The first kappa shape index (κ1) is 13.7. The minimum atomic E-state index is -0.886. The van der Waals surface area contributed by atoms with E-state index in [2.05, 4.69) is 9.97 Å². The number of aromatic nitrogens is 2. The topological polar surface area (TPSA) is 63.1 Å². The summed E-state index contributed by atoms with van der Waals surface area (Å²) in [5.41, 5.74) is 3.39. The van der Waals surface area contributed by atoms with Crippen LogP contribution < -0.4 is 0 Å². The lowest BCUT2D eigenvalue weighted by atomic mass is 10.2. The molecule has 0 aliphatic carbocycles. The average molecular weight is 252 g/mol. The summed E-state index contributed by atoms with van der Waals surface area (Å²) in [6.07, 6.45) is 1.67. The number of hydrogen-bond acceptors (Lipinski definition) is 4. The Morgan fingerprint density at radius 3 is 2.29 bits per heavy atom. The number of aliphatic carboxylic acids is 1. The molecule has 0 amide bonds. The van der Waals surface area contributed by atoms with Crippen molar-refractivity contribution >= 4 is 17.7 Å². The van der Waals surface area contributed by atoms with Crippen LogP contribution in [-0.2, 0) is 4.79 Å². The van der Waals surface area contributed by atoms with Crippen LogP contribution in [0.15, 0.2) is 16.8 Å². The Hall–Kier alpha value is -1.36. The third-order valence-corrected chi connectivity index (χ3v) is 3.33. The number of nitrogens with zero attached hydrogens (tertiary/aromatic N) is 2. The van der Waals surface area contributed by atoms with Crippen LogP contribution in [0.25, 0.3) is 0 Å². The van der Waals surface area contributed by atoms with Crippen LogP contribution in [0, 0.1) is 20.8 Å². The molecule has 1 aromatic heterocycles. The van der Waals surface area contributed by atoms with Crippen LogP contribution in [0.4, 0.5) is 0 Å². The summed E-state index contributed by atoms with van der Waals surface area (Å²) < 4.78 is 0. The molecular weight excluding hydrogens is 236 g/mol. The number of thioether (sulfide) groups is 1. The second-order valence-electron chi connectivity index (χ2n) is 3.81. The number of carboxylic acids is 1. The summed E-state index contributed by atoms with van der Waals surface area (Å²) >= 11 is 1.44. The van der Waals surface area contributed by atoms with Gasteiger partial charge in [0.2, 0.25) is 0 Å². The van der Waals surface area contributed by atoms with Crippen LogP contribution in [-0.4, -0.2) is 26.8 Å². The van der Waals surface area contributed by atoms with Crippen molar-refractivity contribution in [1.82, 2.24) is 9.97 Å². The first-order chi connectivity index (χ1) is 7.91. The molecule has 0 spiro atoms.